The van der Waals surface area contributed by atoms with Gasteiger partial charge in [-0.2, -0.15) is 0 Å². The smallest absolute Gasteiger partial charge is 0.247 e. The van der Waals surface area contributed by atoms with Crippen LogP contribution in [0.25, 0.3) is 11.5 Å². The summed E-state index contributed by atoms with van der Waals surface area (Å²) < 4.78 is 42.4. The first kappa shape index (κ1) is 16.7. The Bertz CT molecular complexity index is 883. The van der Waals surface area contributed by atoms with Gasteiger partial charge in [0.25, 0.3) is 0 Å². The van der Waals surface area contributed by atoms with Gasteiger partial charge in [0.15, 0.2) is 11.5 Å². The number of aromatic nitrogens is 2. The molecule has 0 spiro atoms. The monoisotopic (exact) mass is 347 g/mol. The summed E-state index contributed by atoms with van der Waals surface area (Å²) in [6.07, 6.45) is 0. The van der Waals surface area contributed by atoms with Gasteiger partial charge in [0, 0.05) is 11.6 Å². The molecule has 6 nitrogen and oxygen atoms in total. The maximum atomic E-state index is 13.6. The molecule has 0 fully saturated rings. The van der Waals surface area contributed by atoms with E-state index in [1.165, 1.54) is 13.2 Å². The maximum absolute atomic E-state index is 13.6. The lowest BCUT2D eigenvalue weighted by Crippen LogP contribution is -2.02. The minimum atomic E-state index is -0.695. The van der Waals surface area contributed by atoms with Crippen molar-refractivity contribution in [2.75, 3.05) is 19.5 Å². The molecule has 2 aromatic carbocycles. The summed E-state index contributed by atoms with van der Waals surface area (Å²) in [5.41, 5.74) is 0.802. The SMILES string of the molecule is COc1ccc(-c2nnc(CNc3ccc(F)cc3F)o2)cc1OC. The molecule has 1 heterocycles. The van der Waals surface area contributed by atoms with Gasteiger partial charge < -0.3 is 19.2 Å². The first-order valence-corrected chi connectivity index (χ1v) is 7.34. The number of ether oxygens (including phenoxy) is 2. The highest BCUT2D eigenvalue weighted by Gasteiger charge is 2.12. The third kappa shape index (κ3) is 3.68. The lowest BCUT2D eigenvalue weighted by Gasteiger charge is -2.07. The Morgan fingerprint density at radius 2 is 1.80 bits per heavy atom. The van der Waals surface area contributed by atoms with E-state index in [-0.39, 0.29) is 24.0 Å². The molecule has 3 rings (SSSR count). The van der Waals surface area contributed by atoms with Crippen LogP contribution in [-0.4, -0.2) is 24.4 Å². The third-order valence-electron chi connectivity index (χ3n) is 3.46. The summed E-state index contributed by atoms with van der Waals surface area (Å²) >= 11 is 0. The van der Waals surface area contributed by atoms with E-state index in [1.54, 1.807) is 25.3 Å². The highest BCUT2D eigenvalue weighted by Crippen LogP contribution is 2.31. The molecular formula is C17H15F2N3O3. The standard InChI is InChI=1S/C17H15F2N3O3/c1-23-14-6-3-10(7-15(14)24-2)17-22-21-16(25-17)9-20-13-5-4-11(18)8-12(13)19/h3-8,20H,9H2,1-2H3. The van der Waals surface area contributed by atoms with Crippen LogP contribution in [-0.2, 0) is 6.54 Å². The number of hydrogen-bond donors (Lipinski definition) is 1. The minimum absolute atomic E-state index is 0.100. The van der Waals surface area contributed by atoms with Crippen LogP contribution >= 0.6 is 0 Å². The van der Waals surface area contributed by atoms with Crippen molar-refractivity contribution in [1.29, 1.82) is 0 Å². The molecule has 1 aromatic heterocycles. The van der Waals surface area contributed by atoms with Crippen molar-refractivity contribution in [3.63, 3.8) is 0 Å². The number of benzene rings is 2. The third-order valence-corrected chi connectivity index (χ3v) is 3.46. The van der Waals surface area contributed by atoms with Crippen LogP contribution in [0.5, 0.6) is 11.5 Å². The summed E-state index contributed by atoms with van der Waals surface area (Å²) in [5.74, 6) is 0.327. The minimum Gasteiger partial charge on any atom is -0.493 e. The molecular weight excluding hydrogens is 332 g/mol. The lowest BCUT2D eigenvalue weighted by molar-refractivity contribution is 0.355. The number of nitrogens with one attached hydrogen (secondary N) is 1. The molecule has 0 aliphatic carbocycles. The summed E-state index contributed by atoms with van der Waals surface area (Å²) in [7, 11) is 3.07. The molecule has 25 heavy (non-hydrogen) atoms. The van der Waals surface area contributed by atoms with E-state index in [4.69, 9.17) is 13.9 Å². The number of halogens is 2. The molecule has 0 amide bonds. The van der Waals surface area contributed by atoms with Crippen molar-refractivity contribution in [1.82, 2.24) is 10.2 Å². The zero-order valence-corrected chi connectivity index (χ0v) is 13.5. The van der Waals surface area contributed by atoms with Crippen LogP contribution in [0.3, 0.4) is 0 Å². The van der Waals surface area contributed by atoms with Gasteiger partial charge in [-0.3, -0.25) is 0 Å². The molecule has 0 aliphatic heterocycles. The fourth-order valence-electron chi connectivity index (χ4n) is 2.21. The summed E-state index contributed by atoms with van der Waals surface area (Å²) in [6, 6.07) is 8.45. The molecule has 0 aliphatic rings. The van der Waals surface area contributed by atoms with Gasteiger partial charge in [0.1, 0.15) is 11.6 Å². The Hall–Kier alpha value is -3.16. The van der Waals surface area contributed by atoms with E-state index < -0.39 is 11.6 Å². The van der Waals surface area contributed by atoms with Crippen molar-refractivity contribution in [3.05, 3.63) is 53.9 Å². The van der Waals surface area contributed by atoms with Gasteiger partial charge >= 0.3 is 0 Å². The molecule has 3 aromatic rings. The second kappa shape index (κ2) is 7.16. The van der Waals surface area contributed by atoms with Crippen LogP contribution in [0, 0.1) is 11.6 Å². The number of methoxy groups -OCH3 is 2. The molecule has 0 saturated carbocycles. The van der Waals surface area contributed by atoms with Crippen LogP contribution < -0.4 is 14.8 Å². The second-order valence-corrected chi connectivity index (χ2v) is 5.05. The predicted octanol–water partition coefficient (Wildman–Crippen LogP) is 3.64. The van der Waals surface area contributed by atoms with Crippen LogP contribution in [0.15, 0.2) is 40.8 Å². The van der Waals surface area contributed by atoms with E-state index >= 15 is 0 Å². The average molecular weight is 347 g/mol. The molecule has 8 heteroatoms. The molecule has 130 valence electrons. The van der Waals surface area contributed by atoms with Gasteiger partial charge in [-0.1, -0.05) is 0 Å². The Morgan fingerprint density at radius 3 is 2.52 bits per heavy atom. The average Bonchev–Trinajstić information content (AvgIpc) is 3.09. The van der Waals surface area contributed by atoms with Gasteiger partial charge in [-0.05, 0) is 30.3 Å². The van der Waals surface area contributed by atoms with Crippen molar-refractivity contribution < 1.29 is 22.7 Å². The molecule has 0 saturated heterocycles. The van der Waals surface area contributed by atoms with Crippen LogP contribution in [0.4, 0.5) is 14.5 Å². The van der Waals surface area contributed by atoms with Gasteiger partial charge in [0.2, 0.25) is 11.8 Å². The molecule has 1 N–H and O–H groups in total. The fourth-order valence-corrected chi connectivity index (χ4v) is 2.21. The fraction of sp³-hybridized carbons (Fsp3) is 0.176. The topological polar surface area (TPSA) is 69.4 Å². The zero-order chi connectivity index (χ0) is 17.8. The van der Waals surface area contributed by atoms with Crippen LogP contribution in [0.2, 0.25) is 0 Å². The van der Waals surface area contributed by atoms with E-state index in [1.807, 2.05) is 0 Å². The Kier molecular flexibility index (Phi) is 4.78. The Labute approximate surface area is 142 Å². The van der Waals surface area contributed by atoms with Crippen molar-refractivity contribution in [2.45, 2.75) is 6.54 Å². The van der Waals surface area contributed by atoms with Crippen molar-refractivity contribution in [3.8, 4) is 23.0 Å². The summed E-state index contributed by atoms with van der Waals surface area (Å²) in [4.78, 5) is 0. The number of rotatable bonds is 6. The van der Waals surface area contributed by atoms with Gasteiger partial charge in [-0.15, -0.1) is 10.2 Å². The quantitative estimate of drug-likeness (QED) is 0.734. The van der Waals surface area contributed by atoms with Gasteiger partial charge in [-0.25, -0.2) is 8.78 Å². The molecule has 0 radical (unpaired) electrons. The van der Waals surface area contributed by atoms with Crippen molar-refractivity contribution >= 4 is 5.69 Å². The first-order chi connectivity index (χ1) is 12.1. The summed E-state index contributed by atoms with van der Waals surface area (Å²) in [6.45, 7) is 0.100. The Morgan fingerprint density at radius 1 is 1.00 bits per heavy atom. The zero-order valence-electron chi connectivity index (χ0n) is 13.5. The molecule has 0 atom stereocenters. The maximum Gasteiger partial charge on any atom is 0.247 e. The Balaban J connectivity index is 1.74. The normalized spacial score (nSPS) is 10.6. The van der Waals surface area contributed by atoms with E-state index in [0.717, 1.165) is 12.1 Å². The highest BCUT2D eigenvalue weighted by atomic mass is 19.1. The predicted molar refractivity (Wildman–Crippen MR) is 86.5 cm³/mol. The highest BCUT2D eigenvalue weighted by molar-refractivity contribution is 5.59. The number of hydrogen-bond acceptors (Lipinski definition) is 6. The van der Waals surface area contributed by atoms with Crippen LogP contribution in [0.1, 0.15) is 5.89 Å². The second-order valence-electron chi connectivity index (χ2n) is 5.05. The van der Waals surface area contributed by atoms with E-state index in [0.29, 0.717) is 17.1 Å². The number of nitrogens with zero attached hydrogens (tertiary/aromatic N) is 2. The molecule has 0 bridgehead atoms. The largest absolute Gasteiger partial charge is 0.493 e. The van der Waals surface area contributed by atoms with E-state index in [9.17, 15) is 8.78 Å². The first-order valence-electron chi connectivity index (χ1n) is 7.34. The lowest BCUT2D eigenvalue weighted by atomic mass is 10.2. The van der Waals surface area contributed by atoms with Gasteiger partial charge in [0.05, 0.1) is 26.5 Å². The summed E-state index contributed by atoms with van der Waals surface area (Å²) in [5, 5.41) is 10.6. The van der Waals surface area contributed by atoms with E-state index in [2.05, 4.69) is 15.5 Å². The van der Waals surface area contributed by atoms with Crippen molar-refractivity contribution in [2.24, 2.45) is 0 Å². The molecule has 0 unspecified atom stereocenters. The number of anilines is 1.